The zero-order valence-electron chi connectivity index (χ0n) is 14.3. The molecule has 0 bridgehead atoms. The van der Waals surface area contributed by atoms with Gasteiger partial charge in [0.1, 0.15) is 23.8 Å². The Morgan fingerprint density at radius 3 is 2.48 bits per heavy atom. The monoisotopic (exact) mass is 343 g/mol. The smallest absolute Gasteiger partial charge is 0.218 e. The summed E-state index contributed by atoms with van der Waals surface area (Å²) in [7, 11) is 1.63. The van der Waals surface area contributed by atoms with Gasteiger partial charge in [-0.15, -0.1) is 0 Å². The molecule has 1 aliphatic heterocycles. The number of anilines is 2. The summed E-state index contributed by atoms with van der Waals surface area (Å²) in [6.45, 7) is 1.82. The van der Waals surface area contributed by atoms with Crippen LogP contribution >= 0.6 is 0 Å². The molecule has 25 heavy (non-hydrogen) atoms. The normalized spacial score (nSPS) is 18.2. The number of methoxy groups -OCH3 is 1. The van der Waals surface area contributed by atoms with Crippen molar-refractivity contribution in [3.8, 4) is 5.88 Å². The minimum Gasteiger partial charge on any atom is -0.481 e. The maximum atomic E-state index is 13.1. The highest BCUT2D eigenvalue weighted by Crippen LogP contribution is 2.36. The summed E-state index contributed by atoms with van der Waals surface area (Å²) in [4.78, 5) is 17.5. The lowest BCUT2D eigenvalue weighted by molar-refractivity contribution is 0.395. The molecule has 4 rings (SSSR count). The molecule has 0 atom stereocenters. The summed E-state index contributed by atoms with van der Waals surface area (Å²) >= 11 is 0. The Labute approximate surface area is 146 Å². The van der Waals surface area contributed by atoms with Gasteiger partial charge in [0.05, 0.1) is 13.3 Å². The van der Waals surface area contributed by atoms with Crippen LogP contribution in [0.25, 0.3) is 0 Å². The van der Waals surface area contributed by atoms with E-state index in [4.69, 9.17) is 4.74 Å². The Bertz CT molecular complexity index is 714. The number of halogens is 1. The molecule has 132 valence electrons. The fourth-order valence-electron chi connectivity index (χ4n) is 3.54. The Kier molecular flexibility index (Phi) is 4.38. The van der Waals surface area contributed by atoms with Crippen LogP contribution in [0.4, 0.5) is 16.0 Å². The molecule has 0 aromatic carbocycles. The first-order valence-corrected chi connectivity index (χ1v) is 8.75. The van der Waals surface area contributed by atoms with Crippen molar-refractivity contribution in [3.05, 3.63) is 36.5 Å². The fourth-order valence-corrected chi connectivity index (χ4v) is 3.54. The number of hydrogen-bond acceptors (Lipinski definition) is 6. The van der Waals surface area contributed by atoms with Crippen molar-refractivity contribution in [1.82, 2.24) is 15.0 Å². The Balaban J connectivity index is 1.46. The van der Waals surface area contributed by atoms with E-state index in [9.17, 15) is 4.39 Å². The minimum absolute atomic E-state index is 0.295. The molecule has 2 aromatic heterocycles. The average Bonchev–Trinajstić information content (AvgIpc) is 3.48. The molecule has 1 saturated heterocycles. The van der Waals surface area contributed by atoms with E-state index in [1.165, 1.54) is 25.1 Å². The molecule has 0 unspecified atom stereocenters. The lowest BCUT2D eigenvalue weighted by Crippen LogP contribution is -2.46. The van der Waals surface area contributed by atoms with Gasteiger partial charge >= 0.3 is 0 Å². The highest BCUT2D eigenvalue weighted by molar-refractivity contribution is 5.46. The predicted octanol–water partition coefficient (Wildman–Crippen LogP) is 2.66. The van der Waals surface area contributed by atoms with Crippen molar-refractivity contribution in [2.24, 2.45) is 0 Å². The largest absolute Gasteiger partial charge is 0.481 e. The van der Waals surface area contributed by atoms with Gasteiger partial charge in [-0.25, -0.2) is 19.3 Å². The van der Waals surface area contributed by atoms with Crippen LogP contribution in [-0.2, 0) is 0 Å². The molecule has 3 heterocycles. The van der Waals surface area contributed by atoms with Crippen molar-refractivity contribution in [2.75, 3.05) is 30.0 Å². The van der Waals surface area contributed by atoms with Crippen LogP contribution in [0.5, 0.6) is 5.88 Å². The van der Waals surface area contributed by atoms with Crippen molar-refractivity contribution >= 4 is 11.6 Å². The zero-order valence-corrected chi connectivity index (χ0v) is 14.3. The van der Waals surface area contributed by atoms with Crippen LogP contribution in [0.3, 0.4) is 0 Å². The first-order valence-electron chi connectivity index (χ1n) is 8.75. The lowest BCUT2D eigenvalue weighted by atomic mass is 10.0. The molecule has 0 spiro atoms. The van der Waals surface area contributed by atoms with Crippen LogP contribution in [0.15, 0.2) is 30.7 Å². The number of aromatic nitrogens is 3. The average molecular weight is 343 g/mol. The molecule has 2 fully saturated rings. The Morgan fingerprint density at radius 2 is 1.84 bits per heavy atom. The molecule has 1 saturated carbocycles. The third-order valence-electron chi connectivity index (χ3n) is 4.94. The number of ether oxygens (including phenoxy) is 1. The van der Waals surface area contributed by atoms with Crippen molar-refractivity contribution in [1.29, 1.82) is 0 Å². The summed E-state index contributed by atoms with van der Waals surface area (Å²) in [6.07, 6.45) is 7.34. The summed E-state index contributed by atoms with van der Waals surface area (Å²) in [5, 5.41) is 0. The van der Waals surface area contributed by atoms with Crippen LogP contribution in [0.1, 0.15) is 25.7 Å². The second-order valence-electron chi connectivity index (χ2n) is 6.61. The molecule has 0 radical (unpaired) electrons. The van der Waals surface area contributed by atoms with E-state index in [2.05, 4.69) is 24.8 Å². The molecule has 6 nitrogen and oxygen atoms in total. The Hall–Kier alpha value is -2.44. The molecule has 0 N–H and O–H groups in total. The fraction of sp³-hybridized carbons (Fsp3) is 0.500. The van der Waals surface area contributed by atoms with Gasteiger partial charge < -0.3 is 14.5 Å². The van der Waals surface area contributed by atoms with Gasteiger partial charge in [-0.1, -0.05) is 0 Å². The first-order chi connectivity index (χ1) is 12.2. The zero-order chi connectivity index (χ0) is 17.2. The first kappa shape index (κ1) is 16.1. The van der Waals surface area contributed by atoms with Crippen LogP contribution < -0.4 is 14.5 Å². The number of hydrogen-bond donors (Lipinski definition) is 0. The van der Waals surface area contributed by atoms with Crippen LogP contribution in [0.2, 0.25) is 0 Å². The summed E-state index contributed by atoms with van der Waals surface area (Å²) in [5.41, 5.74) is 0. The number of rotatable bonds is 5. The van der Waals surface area contributed by atoms with Gasteiger partial charge in [-0.2, -0.15) is 0 Å². The molecule has 7 heteroatoms. The summed E-state index contributed by atoms with van der Waals surface area (Å²) in [6, 6.07) is 6.16. The van der Waals surface area contributed by atoms with E-state index >= 15 is 0 Å². The van der Waals surface area contributed by atoms with Gasteiger partial charge in [0.2, 0.25) is 5.88 Å². The van der Waals surface area contributed by atoms with Crippen molar-refractivity contribution in [3.63, 3.8) is 0 Å². The van der Waals surface area contributed by atoms with Crippen molar-refractivity contribution < 1.29 is 9.13 Å². The highest BCUT2D eigenvalue weighted by Gasteiger charge is 2.36. The van der Waals surface area contributed by atoms with E-state index in [1.54, 1.807) is 19.5 Å². The SMILES string of the molecule is COc1cc(N(C2CC2)C2CCN(c3ccc(F)cn3)CC2)ncn1. The molecular formula is C18H22FN5O. The van der Waals surface area contributed by atoms with Gasteiger partial charge in [0.25, 0.3) is 0 Å². The van der Waals surface area contributed by atoms with E-state index in [1.807, 2.05) is 6.07 Å². The summed E-state index contributed by atoms with van der Waals surface area (Å²) < 4.78 is 18.3. The molecule has 2 aromatic rings. The molecular weight excluding hydrogens is 321 g/mol. The van der Waals surface area contributed by atoms with E-state index in [0.717, 1.165) is 37.6 Å². The van der Waals surface area contributed by atoms with Gasteiger partial charge in [-0.05, 0) is 37.8 Å². The second-order valence-corrected chi connectivity index (χ2v) is 6.61. The van der Waals surface area contributed by atoms with E-state index in [-0.39, 0.29) is 5.82 Å². The summed E-state index contributed by atoms with van der Waals surface area (Å²) in [5.74, 6) is 2.11. The predicted molar refractivity (Wildman–Crippen MR) is 93.5 cm³/mol. The number of piperidine rings is 1. The molecule has 1 aliphatic carbocycles. The topological polar surface area (TPSA) is 54.4 Å². The van der Waals surface area contributed by atoms with Gasteiger partial charge in [0, 0.05) is 31.2 Å². The standard InChI is InChI=1S/C18H22FN5O/c1-25-18-10-17(21-12-22-18)24(14-3-4-14)15-6-8-23(9-7-15)16-5-2-13(19)11-20-16/h2,5,10-12,14-15H,3-4,6-9H2,1H3. The van der Waals surface area contributed by atoms with Gasteiger partial charge in [0.15, 0.2) is 0 Å². The van der Waals surface area contributed by atoms with Crippen molar-refractivity contribution in [2.45, 2.75) is 37.8 Å². The van der Waals surface area contributed by atoms with E-state index in [0.29, 0.717) is 18.0 Å². The molecule has 0 amide bonds. The van der Waals surface area contributed by atoms with Crippen LogP contribution in [0, 0.1) is 5.82 Å². The van der Waals surface area contributed by atoms with Crippen LogP contribution in [-0.4, -0.2) is 47.2 Å². The van der Waals surface area contributed by atoms with Gasteiger partial charge in [-0.3, -0.25) is 0 Å². The highest BCUT2D eigenvalue weighted by atomic mass is 19.1. The Morgan fingerprint density at radius 1 is 1.08 bits per heavy atom. The third-order valence-corrected chi connectivity index (χ3v) is 4.94. The maximum absolute atomic E-state index is 13.1. The second kappa shape index (κ2) is 6.82. The lowest BCUT2D eigenvalue weighted by Gasteiger charge is -2.39. The minimum atomic E-state index is -0.295. The maximum Gasteiger partial charge on any atom is 0.218 e. The third kappa shape index (κ3) is 3.50. The quantitative estimate of drug-likeness (QED) is 0.832. The van der Waals surface area contributed by atoms with E-state index < -0.39 is 0 Å². The molecule has 2 aliphatic rings. The number of nitrogens with zero attached hydrogens (tertiary/aromatic N) is 5. The number of pyridine rings is 1.